The van der Waals surface area contributed by atoms with Gasteiger partial charge in [-0.2, -0.15) is 0 Å². The van der Waals surface area contributed by atoms with E-state index in [2.05, 4.69) is 43.1 Å². The van der Waals surface area contributed by atoms with Crippen LogP contribution in [0.2, 0.25) is 5.02 Å². The Hall–Kier alpha value is -2.33. The van der Waals surface area contributed by atoms with E-state index < -0.39 is 0 Å². The maximum atomic E-state index is 12.3. The van der Waals surface area contributed by atoms with E-state index in [4.69, 9.17) is 11.6 Å². The van der Waals surface area contributed by atoms with Gasteiger partial charge in [-0.3, -0.25) is 9.78 Å². The predicted octanol–water partition coefficient (Wildman–Crippen LogP) is 4.21. The van der Waals surface area contributed by atoms with E-state index >= 15 is 0 Å². The average Bonchev–Trinajstić information content (AvgIpc) is 2.80. The summed E-state index contributed by atoms with van der Waals surface area (Å²) in [7, 11) is 0. The van der Waals surface area contributed by atoms with Crippen molar-refractivity contribution in [2.24, 2.45) is 0 Å². The lowest BCUT2D eigenvalue weighted by molar-refractivity contribution is -0.135. The number of nitrogens with zero attached hydrogens (tertiary/aromatic N) is 3. The molecule has 5 heteroatoms. The molecule has 0 atom stereocenters. The second-order valence-corrected chi connectivity index (χ2v) is 7.21. The van der Waals surface area contributed by atoms with E-state index in [-0.39, 0.29) is 5.91 Å². The van der Waals surface area contributed by atoms with E-state index in [1.54, 1.807) is 0 Å². The van der Waals surface area contributed by atoms with Crippen LogP contribution in [0.5, 0.6) is 0 Å². The van der Waals surface area contributed by atoms with Crippen LogP contribution >= 0.6 is 11.6 Å². The van der Waals surface area contributed by atoms with Gasteiger partial charge in [-0.05, 0) is 31.9 Å². The topological polar surface area (TPSA) is 38.1 Å². The number of aryl methyl sites for hydroxylation is 2. The van der Waals surface area contributed by atoms with Crippen LogP contribution in [-0.2, 0) is 11.3 Å². The molecule has 0 radical (unpaired) electrons. The van der Waals surface area contributed by atoms with Gasteiger partial charge < -0.3 is 9.47 Å². The minimum atomic E-state index is 0.136. The first kappa shape index (κ1) is 16.2. The molecule has 0 N–H and O–H groups in total. The van der Waals surface area contributed by atoms with Gasteiger partial charge in [0, 0.05) is 31.0 Å². The standard InChI is InChI=1S/C20H20ClN3O/c1-13-6-14(2)8-15(7-13)16-9-18-20(22-10-16)17(21)11-24(18)12-19(25)23-4-3-5-23/h6-11H,3-5,12H2,1-2H3. The molecule has 3 heterocycles. The molecule has 1 fully saturated rings. The average molecular weight is 354 g/mol. The second kappa shape index (κ2) is 6.19. The molecule has 4 rings (SSSR count). The number of carbonyl (C=O) groups excluding carboxylic acids is 1. The first-order chi connectivity index (χ1) is 12.0. The first-order valence-corrected chi connectivity index (χ1v) is 8.90. The van der Waals surface area contributed by atoms with Gasteiger partial charge in [0.05, 0.1) is 10.5 Å². The highest BCUT2D eigenvalue weighted by Crippen LogP contribution is 2.29. The molecule has 1 aliphatic heterocycles. The molecule has 0 saturated carbocycles. The summed E-state index contributed by atoms with van der Waals surface area (Å²) in [6, 6.07) is 8.53. The smallest absolute Gasteiger partial charge is 0.242 e. The van der Waals surface area contributed by atoms with Crippen LogP contribution in [0.15, 0.2) is 36.7 Å². The van der Waals surface area contributed by atoms with Crippen molar-refractivity contribution in [3.8, 4) is 11.1 Å². The Morgan fingerprint density at radius 1 is 1.12 bits per heavy atom. The van der Waals surface area contributed by atoms with Crippen LogP contribution in [0.3, 0.4) is 0 Å². The highest BCUT2D eigenvalue weighted by atomic mass is 35.5. The molecule has 0 spiro atoms. The molecule has 0 unspecified atom stereocenters. The van der Waals surface area contributed by atoms with E-state index in [1.165, 1.54) is 11.1 Å². The number of fused-ring (bicyclic) bond motifs is 1. The maximum Gasteiger partial charge on any atom is 0.242 e. The Balaban J connectivity index is 1.75. The summed E-state index contributed by atoms with van der Waals surface area (Å²) in [4.78, 5) is 18.8. The first-order valence-electron chi connectivity index (χ1n) is 8.52. The van der Waals surface area contributed by atoms with Gasteiger partial charge >= 0.3 is 0 Å². The Morgan fingerprint density at radius 2 is 1.84 bits per heavy atom. The number of amides is 1. The number of likely N-dealkylation sites (tertiary alicyclic amines) is 1. The number of hydrogen-bond acceptors (Lipinski definition) is 2. The van der Waals surface area contributed by atoms with Crippen molar-refractivity contribution in [2.75, 3.05) is 13.1 Å². The zero-order valence-electron chi connectivity index (χ0n) is 14.4. The molecule has 1 aromatic carbocycles. The third kappa shape index (κ3) is 3.02. The van der Waals surface area contributed by atoms with Crippen LogP contribution in [0.1, 0.15) is 17.5 Å². The Labute approximate surface area is 152 Å². The number of aromatic nitrogens is 2. The Bertz CT molecular complexity index is 952. The number of hydrogen-bond donors (Lipinski definition) is 0. The lowest BCUT2D eigenvalue weighted by Gasteiger charge is -2.31. The number of pyridine rings is 1. The molecule has 3 aromatic rings. The Morgan fingerprint density at radius 3 is 2.48 bits per heavy atom. The third-order valence-electron chi connectivity index (χ3n) is 4.74. The van der Waals surface area contributed by atoms with Crippen molar-refractivity contribution in [3.05, 3.63) is 52.8 Å². The van der Waals surface area contributed by atoms with Crippen molar-refractivity contribution in [1.29, 1.82) is 0 Å². The largest absolute Gasteiger partial charge is 0.341 e. The van der Waals surface area contributed by atoms with Gasteiger partial charge in [0.25, 0.3) is 0 Å². The normalized spacial score (nSPS) is 14.0. The molecule has 1 aliphatic rings. The fourth-order valence-electron chi connectivity index (χ4n) is 3.36. The molecule has 1 saturated heterocycles. The van der Waals surface area contributed by atoms with Crippen LogP contribution in [0.25, 0.3) is 22.2 Å². The molecule has 25 heavy (non-hydrogen) atoms. The molecule has 4 nitrogen and oxygen atoms in total. The van der Waals surface area contributed by atoms with Crippen molar-refractivity contribution in [2.45, 2.75) is 26.8 Å². The SMILES string of the molecule is Cc1cc(C)cc(-c2cnc3c(Cl)cn(CC(=O)N4CCC4)c3c2)c1. The van der Waals surface area contributed by atoms with Gasteiger partial charge in [0.15, 0.2) is 0 Å². The van der Waals surface area contributed by atoms with Crippen molar-refractivity contribution in [1.82, 2.24) is 14.5 Å². The summed E-state index contributed by atoms with van der Waals surface area (Å²) < 4.78 is 1.91. The van der Waals surface area contributed by atoms with Gasteiger partial charge in [-0.25, -0.2) is 0 Å². The van der Waals surface area contributed by atoms with Crippen LogP contribution < -0.4 is 0 Å². The minimum Gasteiger partial charge on any atom is -0.341 e. The van der Waals surface area contributed by atoms with Gasteiger partial charge in [-0.15, -0.1) is 0 Å². The number of carbonyl (C=O) groups is 1. The van der Waals surface area contributed by atoms with Crippen molar-refractivity contribution < 1.29 is 4.79 Å². The van der Waals surface area contributed by atoms with Crippen LogP contribution in [-0.4, -0.2) is 33.4 Å². The summed E-state index contributed by atoms with van der Waals surface area (Å²) >= 11 is 6.33. The zero-order chi connectivity index (χ0) is 17.6. The monoisotopic (exact) mass is 353 g/mol. The van der Waals surface area contributed by atoms with Gasteiger partial charge in [-0.1, -0.05) is 40.9 Å². The highest BCUT2D eigenvalue weighted by Gasteiger charge is 2.21. The molecule has 0 aliphatic carbocycles. The van der Waals surface area contributed by atoms with Crippen LogP contribution in [0, 0.1) is 13.8 Å². The number of benzene rings is 1. The molecular formula is C20H20ClN3O. The van der Waals surface area contributed by atoms with Gasteiger partial charge in [0.2, 0.25) is 5.91 Å². The van der Waals surface area contributed by atoms with Crippen molar-refractivity contribution >= 4 is 28.5 Å². The summed E-state index contributed by atoms with van der Waals surface area (Å²) in [6.45, 7) is 6.21. The molecule has 1 amide bonds. The molecular weight excluding hydrogens is 334 g/mol. The van der Waals surface area contributed by atoms with Crippen molar-refractivity contribution in [3.63, 3.8) is 0 Å². The number of halogens is 1. The van der Waals surface area contributed by atoms with Crippen LogP contribution in [0.4, 0.5) is 0 Å². The highest BCUT2D eigenvalue weighted by molar-refractivity contribution is 6.35. The van der Waals surface area contributed by atoms with Gasteiger partial charge in [0.1, 0.15) is 12.1 Å². The predicted molar refractivity (Wildman–Crippen MR) is 101 cm³/mol. The lowest BCUT2D eigenvalue weighted by atomic mass is 10.0. The quantitative estimate of drug-likeness (QED) is 0.707. The zero-order valence-corrected chi connectivity index (χ0v) is 15.2. The molecule has 2 aromatic heterocycles. The second-order valence-electron chi connectivity index (χ2n) is 6.81. The van der Waals surface area contributed by atoms with E-state index in [0.717, 1.165) is 41.7 Å². The third-order valence-corrected chi connectivity index (χ3v) is 5.02. The van der Waals surface area contributed by atoms with E-state index in [9.17, 15) is 4.79 Å². The van der Waals surface area contributed by atoms with E-state index in [0.29, 0.717) is 11.6 Å². The molecule has 0 bridgehead atoms. The summed E-state index contributed by atoms with van der Waals surface area (Å²) in [6.07, 6.45) is 4.75. The summed E-state index contributed by atoms with van der Waals surface area (Å²) in [5, 5.41) is 0.582. The summed E-state index contributed by atoms with van der Waals surface area (Å²) in [5.41, 5.74) is 6.24. The fraction of sp³-hybridized carbons (Fsp3) is 0.300. The summed E-state index contributed by atoms with van der Waals surface area (Å²) in [5.74, 6) is 0.136. The minimum absolute atomic E-state index is 0.136. The van der Waals surface area contributed by atoms with E-state index in [1.807, 2.05) is 21.9 Å². The molecule has 128 valence electrons. The maximum absolute atomic E-state index is 12.3. The Kier molecular flexibility index (Phi) is 4.00. The fourth-order valence-corrected chi connectivity index (χ4v) is 3.63. The lowest BCUT2D eigenvalue weighted by Crippen LogP contribution is -2.43. The number of rotatable bonds is 3.